The second kappa shape index (κ2) is 8.67. The highest BCUT2D eigenvalue weighted by atomic mass is 32.2. The van der Waals surface area contributed by atoms with Gasteiger partial charge in [-0.15, -0.1) is 0 Å². The monoisotopic (exact) mass is 414 g/mol. The van der Waals surface area contributed by atoms with E-state index in [1.807, 2.05) is 52.0 Å². The lowest BCUT2D eigenvalue weighted by Crippen LogP contribution is -2.42. The molecule has 0 aliphatic carbocycles. The van der Waals surface area contributed by atoms with Gasteiger partial charge in [0, 0.05) is 24.7 Å². The molecule has 29 heavy (non-hydrogen) atoms. The maximum absolute atomic E-state index is 12.8. The van der Waals surface area contributed by atoms with E-state index in [1.165, 1.54) is 9.87 Å². The molecule has 1 saturated heterocycles. The average molecular weight is 415 g/mol. The highest BCUT2D eigenvalue weighted by molar-refractivity contribution is 7.88. The Kier molecular flexibility index (Phi) is 6.44. The molecule has 1 N–H and O–H groups in total. The minimum Gasteiger partial charge on any atom is -0.325 e. The summed E-state index contributed by atoms with van der Waals surface area (Å²) < 4.78 is 27.2. The summed E-state index contributed by atoms with van der Waals surface area (Å²) in [6, 6.07) is 11.7. The molecule has 0 atom stereocenters. The summed E-state index contributed by atoms with van der Waals surface area (Å²) in [6.45, 7) is 8.73. The molecule has 1 aliphatic rings. The number of carbonyl (C=O) groups is 1. The molecule has 0 unspecified atom stereocenters. The third-order valence-electron chi connectivity index (χ3n) is 5.74. The molecular formula is C23H30N2O3S. The normalized spacial score (nSPS) is 16.0. The molecule has 5 nitrogen and oxygen atoms in total. The van der Waals surface area contributed by atoms with Gasteiger partial charge in [0.25, 0.3) is 0 Å². The SMILES string of the molecule is Cc1cc(C)c(NC(=O)C2CCN(S(=O)(=O)Cc3ccccc3C)CC2)c(C)c1. The van der Waals surface area contributed by atoms with E-state index in [2.05, 4.69) is 17.4 Å². The van der Waals surface area contributed by atoms with Gasteiger partial charge in [0.2, 0.25) is 15.9 Å². The number of nitrogens with zero attached hydrogens (tertiary/aromatic N) is 1. The summed E-state index contributed by atoms with van der Waals surface area (Å²) in [5.41, 5.74) is 5.95. The van der Waals surface area contributed by atoms with Crippen LogP contribution in [0.1, 0.15) is 40.7 Å². The standard InChI is InChI=1S/C23H30N2O3S/c1-16-13-18(3)22(19(4)14-16)24-23(26)20-9-11-25(12-10-20)29(27,28)15-21-8-6-5-7-17(21)2/h5-8,13-14,20H,9-12,15H2,1-4H3,(H,24,26). The van der Waals surface area contributed by atoms with Gasteiger partial charge in [0.05, 0.1) is 5.75 Å². The van der Waals surface area contributed by atoms with Gasteiger partial charge in [-0.3, -0.25) is 4.79 Å². The van der Waals surface area contributed by atoms with E-state index in [4.69, 9.17) is 0 Å². The minimum absolute atomic E-state index is 0.0122. The summed E-state index contributed by atoms with van der Waals surface area (Å²) in [4.78, 5) is 12.8. The Labute approximate surface area is 174 Å². The molecule has 0 spiro atoms. The highest BCUT2D eigenvalue weighted by Crippen LogP contribution is 2.26. The van der Waals surface area contributed by atoms with Crippen LogP contribution < -0.4 is 5.32 Å². The number of amides is 1. The number of sulfonamides is 1. The van der Waals surface area contributed by atoms with E-state index in [9.17, 15) is 13.2 Å². The van der Waals surface area contributed by atoms with Gasteiger partial charge in [0.15, 0.2) is 0 Å². The van der Waals surface area contributed by atoms with Gasteiger partial charge in [-0.2, -0.15) is 0 Å². The van der Waals surface area contributed by atoms with Crippen molar-refractivity contribution in [1.29, 1.82) is 0 Å². The molecule has 0 saturated carbocycles. The Morgan fingerprint density at radius 2 is 1.59 bits per heavy atom. The lowest BCUT2D eigenvalue weighted by atomic mass is 9.96. The Morgan fingerprint density at radius 1 is 1.00 bits per heavy atom. The van der Waals surface area contributed by atoms with Crippen molar-refractivity contribution in [3.63, 3.8) is 0 Å². The number of carbonyl (C=O) groups excluding carboxylic acids is 1. The molecule has 2 aromatic rings. The van der Waals surface area contributed by atoms with Crippen molar-refractivity contribution in [3.05, 3.63) is 64.2 Å². The molecule has 1 fully saturated rings. The van der Waals surface area contributed by atoms with E-state index < -0.39 is 10.0 Å². The van der Waals surface area contributed by atoms with Crippen LogP contribution in [-0.2, 0) is 20.6 Å². The van der Waals surface area contributed by atoms with Crippen LogP contribution in [0.15, 0.2) is 36.4 Å². The summed E-state index contributed by atoms with van der Waals surface area (Å²) >= 11 is 0. The van der Waals surface area contributed by atoms with Crippen LogP contribution in [0.25, 0.3) is 0 Å². The second-order valence-electron chi connectivity index (χ2n) is 8.12. The fourth-order valence-corrected chi connectivity index (χ4v) is 5.73. The van der Waals surface area contributed by atoms with Gasteiger partial charge < -0.3 is 5.32 Å². The molecule has 1 aliphatic heterocycles. The third kappa shape index (κ3) is 5.06. The zero-order valence-electron chi connectivity index (χ0n) is 17.7. The molecule has 0 aromatic heterocycles. The predicted octanol–water partition coefficient (Wildman–Crippen LogP) is 4.10. The van der Waals surface area contributed by atoms with Gasteiger partial charge in [-0.05, 0) is 62.8 Å². The largest absolute Gasteiger partial charge is 0.325 e. The smallest absolute Gasteiger partial charge is 0.227 e. The van der Waals surface area contributed by atoms with Crippen molar-refractivity contribution < 1.29 is 13.2 Å². The quantitative estimate of drug-likeness (QED) is 0.801. The Hall–Kier alpha value is -2.18. The molecule has 0 bridgehead atoms. The summed E-state index contributed by atoms with van der Waals surface area (Å²) in [7, 11) is -3.38. The molecule has 6 heteroatoms. The van der Waals surface area contributed by atoms with Crippen LogP contribution in [0.4, 0.5) is 5.69 Å². The zero-order chi connectivity index (χ0) is 21.2. The van der Waals surface area contributed by atoms with Crippen LogP contribution in [0, 0.1) is 33.6 Å². The number of nitrogens with one attached hydrogen (secondary N) is 1. The van der Waals surface area contributed by atoms with Gasteiger partial charge in [-0.25, -0.2) is 12.7 Å². The van der Waals surface area contributed by atoms with Crippen LogP contribution in [0.2, 0.25) is 0 Å². The van der Waals surface area contributed by atoms with Crippen molar-refractivity contribution in [2.45, 2.75) is 46.3 Å². The number of hydrogen-bond acceptors (Lipinski definition) is 3. The first-order valence-corrected chi connectivity index (χ1v) is 11.7. The van der Waals surface area contributed by atoms with E-state index in [1.54, 1.807) is 0 Å². The third-order valence-corrected chi connectivity index (χ3v) is 7.57. The topological polar surface area (TPSA) is 66.5 Å². The van der Waals surface area contributed by atoms with Crippen LogP contribution in [-0.4, -0.2) is 31.7 Å². The Morgan fingerprint density at radius 3 is 2.17 bits per heavy atom. The van der Waals surface area contributed by atoms with Crippen molar-refractivity contribution in [3.8, 4) is 0 Å². The first-order chi connectivity index (χ1) is 13.7. The lowest BCUT2D eigenvalue weighted by molar-refractivity contribution is -0.120. The van der Waals surface area contributed by atoms with E-state index in [-0.39, 0.29) is 17.6 Å². The summed E-state index contributed by atoms with van der Waals surface area (Å²) in [5.74, 6) is -0.172. The molecule has 2 aromatic carbocycles. The van der Waals surface area contributed by atoms with Crippen molar-refractivity contribution in [1.82, 2.24) is 4.31 Å². The number of aryl methyl sites for hydroxylation is 4. The molecule has 156 valence electrons. The highest BCUT2D eigenvalue weighted by Gasteiger charge is 2.31. The maximum Gasteiger partial charge on any atom is 0.227 e. The number of rotatable bonds is 5. The van der Waals surface area contributed by atoms with Crippen LogP contribution >= 0.6 is 0 Å². The number of hydrogen-bond donors (Lipinski definition) is 1. The molecule has 1 heterocycles. The molecule has 0 radical (unpaired) electrons. The fourth-order valence-electron chi connectivity index (χ4n) is 4.06. The number of benzene rings is 2. The average Bonchev–Trinajstić information content (AvgIpc) is 2.66. The summed E-state index contributed by atoms with van der Waals surface area (Å²) in [6.07, 6.45) is 1.09. The van der Waals surface area contributed by atoms with Crippen LogP contribution in [0.3, 0.4) is 0 Å². The van der Waals surface area contributed by atoms with E-state index >= 15 is 0 Å². The minimum atomic E-state index is -3.38. The van der Waals surface area contributed by atoms with Gasteiger partial charge >= 0.3 is 0 Å². The number of piperidine rings is 1. The number of anilines is 1. The molecule has 1 amide bonds. The fraction of sp³-hybridized carbons (Fsp3) is 0.435. The van der Waals surface area contributed by atoms with Crippen molar-refractivity contribution in [2.75, 3.05) is 18.4 Å². The van der Waals surface area contributed by atoms with Crippen molar-refractivity contribution in [2.24, 2.45) is 5.92 Å². The molecule has 3 rings (SSSR count). The van der Waals surface area contributed by atoms with E-state index in [0.29, 0.717) is 25.9 Å². The van der Waals surface area contributed by atoms with Crippen LogP contribution in [0.5, 0.6) is 0 Å². The maximum atomic E-state index is 12.8. The van der Waals surface area contributed by atoms with Crippen molar-refractivity contribution >= 4 is 21.6 Å². The van der Waals surface area contributed by atoms with Gasteiger partial charge in [0.1, 0.15) is 0 Å². The summed E-state index contributed by atoms with van der Waals surface area (Å²) in [5, 5.41) is 3.07. The molecular weight excluding hydrogens is 384 g/mol. The first kappa shape index (κ1) is 21.5. The first-order valence-electron chi connectivity index (χ1n) is 10.1. The van der Waals surface area contributed by atoms with E-state index in [0.717, 1.165) is 27.9 Å². The zero-order valence-corrected chi connectivity index (χ0v) is 18.5. The second-order valence-corrected chi connectivity index (χ2v) is 10.1. The Balaban J connectivity index is 1.61. The lowest BCUT2D eigenvalue weighted by Gasteiger charge is -2.31. The van der Waals surface area contributed by atoms with Gasteiger partial charge in [-0.1, -0.05) is 42.0 Å². The predicted molar refractivity (Wildman–Crippen MR) is 117 cm³/mol. The Bertz CT molecular complexity index is 984.